The summed E-state index contributed by atoms with van der Waals surface area (Å²) in [5, 5.41) is 19.3. The Bertz CT molecular complexity index is 1400. The minimum Gasteiger partial charge on any atom is -0.457 e. The van der Waals surface area contributed by atoms with E-state index in [2.05, 4.69) is 10.4 Å². The second kappa shape index (κ2) is 9.36. The highest BCUT2D eigenvalue weighted by Gasteiger charge is 2.21. The average Bonchev–Trinajstić information content (AvgIpc) is 3.10. The molecule has 9 heteroatoms. The van der Waals surface area contributed by atoms with Crippen molar-refractivity contribution in [3.05, 3.63) is 104 Å². The van der Waals surface area contributed by atoms with Crippen LogP contribution >= 0.6 is 11.6 Å². The van der Waals surface area contributed by atoms with Gasteiger partial charge in [-0.3, -0.25) is 14.9 Å². The molecule has 0 atom stereocenters. The van der Waals surface area contributed by atoms with Crippen molar-refractivity contribution in [3.63, 3.8) is 0 Å². The molecule has 0 aliphatic heterocycles. The van der Waals surface area contributed by atoms with E-state index in [1.54, 1.807) is 36.7 Å². The largest absolute Gasteiger partial charge is 0.457 e. The van der Waals surface area contributed by atoms with Crippen LogP contribution in [0, 0.1) is 30.9 Å². The molecule has 172 valence electrons. The first-order chi connectivity index (χ1) is 16.2. The van der Waals surface area contributed by atoms with Gasteiger partial charge in [0.25, 0.3) is 11.6 Å². The number of carbonyl (C=O) groups excluding carboxylic acids is 1. The molecule has 4 rings (SSSR count). The van der Waals surface area contributed by atoms with Gasteiger partial charge in [-0.05, 0) is 56.7 Å². The van der Waals surface area contributed by atoms with Crippen LogP contribution in [0.5, 0.6) is 11.5 Å². The highest BCUT2D eigenvalue weighted by molar-refractivity contribution is 6.31. The van der Waals surface area contributed by atoms with Gasteiger partial charge in [0.05, 0.1) is 39.3 Å². The third-order valence-corrected chi connectivity index (χ3v) is 5.67. The van der Waals surface area contributed by atoms with Crippen LogP contribution < -0.4 is 10.1 Å². The van der Waals surface area contributed by atoms with Crippen LogP contribution in [0.25, 0.3) is 5.69 Å². The van der Waals surface area contributed by atoms with Gasteiger partial charge in [-0.25, -0.2) is 4.68 Å². The lowest BCUT2D eigenvalue weighted by Crippen LogP contribution is -2.14. The number of nitro benzene ring substituents is 1. The number of halogens is 1. The zero-order valence-electron chi connectivity index (χ0n) is 18.7. The summed E-state index contributed by atoms with van der Waals surface area (Å²) >= 11 is 6.06. The molecule has 0 unspecified atom stereocenters. The SMILES string of the molecule is Cc1cc(Oc2cc(NC(=O)c3c(C)nn(-c4ccccc4)c3C)cc([N+](=O)[O-])c2)ccc1Cl. The summed E-state index contributed by atoms with van der Waals surface area (Å²) in [7, 11) is 0. The third-order valence-electron chi connectivity index (χ3n) is 5.24. The smallest absolute Gasteiger partial charge is 0.275 e. The number of rotatable bonds is 6. The number of anilines is 1. The van der Waals surface area contributed by atoms with Gasteiger partial charge in [0.2, 0.25) is 0 Å². The molecule has 1 amide bonds. The van der Waals surface area contributed by atoms with Crippen LogP contribution in [-0.4, -0.2) is 20.6 Å². The lowest BCUT2D eigenvalue weighted by molar-refractivity contribution is -0.384. The van der Waals surface area contributed by atoms with Gasteiger partial charge in [-0.1, -0.05) is 29.8 Å². The number of non-ortho nitro benzene ring substituents is 1. The van der Waals surface area contributed by atoms with Crippen molar-refractivity contribution in [3.8, 4) is 17.2 Å². The topological polar surface area (TPSA) is 99.3 Å². The Morgan fingerprint density at radius 1 is 1.03 bits per heavy atom. The van der Waals surface area contributed by atoms with E-state index in [0.717, 1.165) is 11.3 Å². The van der Waals surface area contributed by atoms with E-state index in [0.29, 0.717) is 27.7 Å². The van der Waals surface area contributed by atoms with Crippen molar-refractivity contribution in [2.45, 2.75) is 20.8 Å². The van der Waals surface area contributed by atoms with Gasteiger partial charge in [-0.2, -0.15) is 5.10 Å². The Labute approximate surface area is 200 Å². The normalized spacial score (nSPS) is 10.7. The van der Waals surface area contributed by atoms with Crippen LogP contribution in [0.4, 0.5) is 11.4 Å². The molecule has 0 saturated heterocycles. The molecule has 0 fully saturated rings. The number of amides is 1. The van der Waals surface area contributed by atoms with Crippen molar-refractivity contribution < 1.29 is 14.5 Å². The van der Waals surface area contributed by atoms with E-state index in [-0.39, 0.29) is 17.1 Å². The Kier molecular flexibility index (Phi) is 6.34. The molecule has 0 saturated carbocycles. The first kappa shape index (κ1) is 23.0. The quantitative estimate of drug-likeness (QED) is 0.256. The summed E-state index contributed by atoms with van der Waals surface area (Å²) < 4.78 is 7.50. The van der Waals surface area contributed by atoms with Crippen LogP contribution in [0.2, 0.25) is 5.02 Å². The number of nitrogens with one attached hydrogen (secondary N) is 1. The maximum absolute atomic E-state index is 13.1. The van der Waals surface area contributed by atoms with Gasteiger partial charge in [0, 0.05) is 17.2 Å². The predicted octanol–water partition coefficient (Wildman–Crippen LogP) is 6.40. The molecule has 1 heterocycles. The van der Waals surface area contributed by atoms with Gasteiger partial charge >= 0.3 is 0 Å². The summed E-state index contributed by atoms with van der Waals surface area (Å²) in [4.78, 5) is 24.1. The van der Waals surface area contributed by atoms with Crippen molar-refractivity contribution in [1.29, 1.82) is 0 Å². The number of hydrogen-bond donors (Lipinski definition) is 1. The summed E-state index contributed by atoms with van der Waals surface area (Å²) in [6, 6.07) is 18.6. The second-order valence-corrected chi connectivity index (χ2v) is 8.14. The van der Waals surface area contributed by atoms with E-state index in [4.69, 9.17) is 16.3 Å². The fourth-order valence-electron chi connectivity index (χ4n) is 3.62. The summed E-state index contributed by atoms with van der Waals surface area (Å²) in [6.45, 7) is 5.37. The van der Waals surface area contributed by atoms with E-state index in [1.165, 1.54) is 18.2 Å². The lowest BCUT2D eigenvalue weighted by Gasteiger charge is -2.11. The Morgan fingerprint density at radius 2 is 1.76 bits per heavy atom. The monoisotopic (exact) mass is 476 g/mol. The molecule has 1 N–H and O–H groups in total. The summed E-state index contributed by atoms with van der Waals surface area (Å²) in [5.74, 6) is 0.251. The van der Waals surface area contributed by atoms with Crippen molar-refractivity contribution >= 4 is 28.9 Å². The molecule has 0 aliphatic carbocycles. The number of para-hydroxylation sites is 1. The number of carbonyl (C=O) groups is 1. The fraction of sp³-hybridized carbons (Fsp3) is 0.120. The van der Waals surface area contributed by atoms with Crippen molar-refractivity contribution in [2.24, 2.45) is 0 Å². The molecule has 34 heavy (non-hydrogen) atoms. The minimum absolute atomic E-state index is 0.208. The van der Waals surface area contributed by atoms with Crippen LogP contribution in [0.1, 0.15) is 27.3 Å². The number of hydrogen-bond acceptors (Lipinski definition) is 5. The molecular weight excluding hydrogens is 456 g/mol. The summed E-state index contributed by atoms with van der Waals surface area (Å²) in [6.07, 6.45) is 0. The molecule has 3 aromatic carbocycles. The van der Waals surface area contributed by atoms with Gasteiger partial charge in [-0.15, -0.1) is 0 Å². The average molecular weight is 477 g/mol. The Balaban J connectivity index is 1.65. The van der Waals surface area contributed by atoms with Gasteiger partial charge in [0.1, 0.15) is 11.5 Å². The van der Waals surface area contributed by atoms with Crippen molar-refractivity contribution in [1.82, 2.24) is 9.78 Å². The second-order valence-electron chi connectivity index (χ2n) is 7.73. The maximum atomic E-state index is 13.1. The van der Waals surface area contributed by atoms with Crippen molar-refractivity contribution in [2.75, 3.05) is 5.32 Å². The van der Waals surface area contributed by atoms with Gasteiger partial charge in [0.15, 0.2) is 0 Å². The van der Waals surface area contributed by atoms with E-state index in [1.807, 2.05) is 37.3 Å². The van der Waals surface area contributed by atoms with Crippen LogP contribution in [0.3, 0.4) is 0 Å². The molecule has 0 bridgehead atoms. The molecule has 0 spiro atoms. The lowest BCUT2D eigenvalue weighted by atomic mass is 10.1. The Hall–Kier alpha value is -4.17. The molecule has 8 nitrogen and oxygen atoms in total. The number of aromatic nitrogens is 2. The number of aryl methyl sites for hydroxylation is 2. The fourth-order valence-corrected chi connectivity index (χ4v) is 3.74. The van der Waals surface area contributed by atoms with Crippen LogP contribution in [-0.2, 0) is 0 Å². The number of nitrogens with zero attached hydrogens (tertiary/aromatic N) is 3. The first-order valence-electron chi connectivity index (χ1n) is 10.4. The van der Waals surface area contributed by atoms with E-state index < -0.39 is 10.8 Å². The number of benzene rings is 3. The van der Waals surface area contributed by atoms with Gasteiger partial charge < -0.3 is 10.1 Å². The summed E-state index contributed by atoms with van der Waals surface area (Å²) in [5.41, 5.74) is 3.23. The number of ether oxygens (including phenoxy) is 1. The zero-order valence-corrected chi connectivity index (χ0v) is 19.5. The van der Waals surface area contributed by atoms with Crippen LogP contribution in [0.15, 0.2) is 66.7 Å². The predicted molar refractivity (Wildman–Crippen MR) is 130 cm³/mol. The highest BCUT2D eigenvalue weighted by Crippen LogP contribution is 2.32. The molecule has 0 radical (unpaired) electrons. The maximum Gasteiger partial charge on any atom is 0.275 e. The first-order valence-corrected chi connectivity index (χ1v) is 10.8. The van der Waals surface area contributed by atoms with E-state index in [9.17, 15) is 14.9 Å². The third kappa shape index (κ3) is 4.77. The Morgan fingerprint density at radius 3 is 2.44 bits per heavy atom. The van der Waals surface area contributed by atoms with E-state index >= 15 is 0 Å². The molecular formula is C25H21ClN4O4. The highest BCUT2D eigenvalue weighted by atomic mass is 35.5. The molecule has 0 aliphatic rings. The minimum atomic E-state index is -0.542. The molecule has 1 aromatic heterocycles. The standard InChI is InChI=1S/C25H21ClN4O4/c1-15-11-21(9-10-23(15)26)34-22-13-18(12-20(14-22)30(32)33)27-25(31)24-16(2)28-29(17(24)3)19-7-5-4-6-8-19/h4-14H,1-3H3,(H,27,31). The zero-order chi connectivity index (χ0) is 24.4. The molecule has 4 aromatic rings. The number of nitro groups is 1.